The third kappa shape index (κ3) is 3.79. The molecule has 2 aromatic rings. The lowest BCUT2D eigenvalue weighted by Gasteiger charge is -2.10. The zero-order valence-electron chi connectivity index (χ0n) is 11.6. The first-order valence-electron chi connectivity index (χ1n) is 6.48. The van der Waals surface area contributed by atoms with Crippen molar-refractivity contribution in [2.45, 2.75) is 6.42 Å². The van der Waals surface area contributed by atoms with Gasteiger partial charge in [-0.15, -0.1) is 0 Å². The van der Waals surface area contributed by atoms with Crippen molar-refractivity contribution >= 4 is 11.6 Å². The normalized spacial score (nSPS) is 10.2. The van der Waals surface area contributed by atoms with E-state index in [4.69, 9.17) is 9.84 Å². The first-order valence-corrected chi connectivity index (χ1v) is 6.48. The molecule has 2 rings (SSSR count). The number of benzene rings is 2. The van der Waals surface area contributed by atoms with E-state index in [0.717, 1.165) is 11.6 Å². The highest BCUT2D eigenvalue weighted by atomic mass is 19.1. The van der Waals surface area contributed by atoms with Crippen molar-refractivity contribution in [2.75, 3.05) is 19.0 Å². The van der Waals surface area contributed by atoms with E-state index in [9.17, 15) is 9.18 Å². The number of rotatable bonds is 5. The molecule has 0 heterocycles. The Kier molecular flexibility index (Phi) is 4.90. The smallest absolute Gasteiger partial charge is 0.259 e. The highest BCUT2D eigenvalue weighted by Crippen LogP contribution is 2.21. The van der Waals surface area contributed by atoms with E-state index >= 15 is 0 Å². The van der Waals surface area contributed by atoms with E-state index in [1.54, 1.807) is 12.1 Å². The van der Waals surface area contributed by atoms with E-state index in [0.29, 0.717) is 17.9 Å². The molecule has 4 nitrogen and oxygen atoms in total. The van der Waals surface area contributed by atoms with Crippen LogP contribution in [0.15, 0.2) is 42.5 Å². The second-order valence-electron chi connectivity index (χ2n) is 4.47. The minimum atomic E-state index is -0.501. The van der Waals surface area contributed by atoms with Crippen LogP contribution < -0.4 is 10.1 Å². The molecule has 0 aliphatic carbocycles. The van der Waals surface area contributed by atoms with Crippen LogP contribution in [0.5, 0.6) is 5.75 Å². The van der Waals surface area contributed by atoms with E-state index in [2.05, 4.69) is 5.32 Å². The standard InChI is InChI=1S/C16H16FNO3/c1-21-15-7-4-12(17)10-14(15)16(20)18-13-5-2-11(3-6-13)8-9-19/h2-7,10,19H,8-9H2,1H3,(H,18,20). The molecule has 21 heavy (non-hydrogen) atoms. The summed E-state index contributed by atoms with van der Waals surface area (Å²) >= 11 is 0. The van der Waals surface area contributed by atoms with Gasteiger partial charge in [-0.1, -0.05) is 12.1 Å². The zero-order chi connectivity index (χ0) is 15.2. The fourth-order valence-corrected chi connectivity index (χ4v) is 1.94. The molecule has 110 valence electrons. The van der Waals surface area contributed by atoms with Crippen LogP contribution >= 0.6 is 0 Å². The van der Waals surface area contributed by atoms with Gasteiger partial charge in [0, 0.05) is 12.3 Å². The number of hydrogen-bond acceptors (Lipinski definition) is 3. The minimum absolute atomic E-state index is 0.0756. The number of anilines is 1. The number of aliphatic hydroxyl groups excluding tert-OH is 1. The maximum absolute atomic E-state index is 13.3. The lowest BCUT2D eigenvalue weighted by molar-refractivity contribution is 0.102. The summed E-state index contributed by atoms with van der Waals surface area (Å²) in [7, 11) is 1.42. The van der Waals surface area contributed by atoms with Gasteiger partial charge in [0.2, 0.25) is 0 Å². The number of carbonyl (C=O) groups excluding carboxylic acids is 1. The zero-order valence-corrected chi connectivity index (χ0v) is 11.6. The van der Waals surface area contributed by atoms with Gasteiger partial charge in [0.25, 0.3) is 5.91 Å². The van der Waals surface area contributed by atoms with Crippen molar-refractivity contribution in [3.8, 4) is 5.75 Å². The van der Waals surface area contributed by atoms with Crippen molar-refractivity contribution in [1.29, 1.82) is 0 Å². The van der Waals surface area contributed by atoms with Gasteiger partial charge >= 0.3 is 0 Å². The van der Waals surface area contributed by atoms with Gasteiger partial charge in [-0.2, -0.15) is 0 Å². The number of aliphatic hydroxyl groups is 1. The molecule has 0 bridgehead atoms. The molecule has 0 unspecified atom stereocenters. The number of amides is 1. The Hall–Kier alpha value is -2.40. The van der Waals surface area contributed by atoms with Gasteiger partial charge in [0.15, 0.2) is 0 Å². The molecule has 0 aromatic heterocycles. The second-order valence-corrected chi connectivity index (χ2v) is 4.47. The molecular weight excluding hydrogens is 273 g/mol. The summed E-state index contributed by atoms with van der Waals surface area (Å²) in [5.41, 5.74) is 1.70. The fourth-order valence-electron chi connectivity index (χ4n) is 1.94. The summed E-state index contributed by atoms with van der Waals surface area (Å²) in [6.07, 6.45) is 0.561. The molecule has 0 fully saturated rings. The summed E-state index contributed by atoms with van der Waals surface area (Å²) in [6, 6.07) is 10.9. The number of ether oxygens (including phenoxy) is 1. The van der Waals surface area contributed by atoms with Gasteiger partial charge in [-0.05, 0) is 42.3 Å². The Balaban J connectivity index is 2.15. The molecule has 0 saturated heterocycles. The van der Waals surface area contributed by atoms with Crippen LogP contribution in [0.4, 0.5) is 10.1 Å². The average Bonchev–Trinajstić information content (AvgIpc) is 2.49. The summed E-state index contributed by atoms with van der Waals surface area (Å²) in [5.74, 6) is -0.633. The van der Waals surface area contributed by atoms with Gasteiger partial charge in [0.05, 0.1) is 12.7 Å². The quantitative estimate of drug-likeness (QED) is 0.889. The van der Waals surface area contributed by atoms with Crippen molar-refractivity contribution in [2.24, 2.45) is 0 Å². The Morgan fingerprint density at radius 1 is 1.24 bits per heavy atom. The summed E-state index contributed by atoms with van der Waals surface area (Å²) in [5, 5.41) is 11.5. The molecule has 0 spiro atoms. The molecule has 0 aliphatic heterocycles. The molecular formula is C16H16FNO3. The Morgan fingerprint density at radius 3 is 2.57 bits per heavy atom. The first-order chi connectivity index (χ1) is 10.1. The van der Waals surface area contributed by atoms with E-state index in [1.807, 2.05) is 12.1 Å². The molecule has 2 aromatic carbocycles. The highest BCUT2D eigenvalue weighted by molar-refractivity contribution is 6.06. The lowest BCUT2D eigenvalue weighted by Crippen LogP contribution is -2.13. The molecule has 0 aliphatic rings. The van der Waals surface area contributed by atoms with E-state index in [1.165, 1.54) is 19.2 Å². The summed E-state index contributed by atoms with van der Waals surface area (Å²) in [4.78, 5) is 12.2. The third-order valence-electron chi connectivity index (χ3n) is 3.02. The summed E-state index contributed by atoms with van der Waals surface area (Å²) in [6.45, 7) is 0.0756. The number of hydrogen-bond donors (Lipinski definition) is 2. The van der Waals surface area contributed by atoms with Crippen LogP contribution in [-0.4, -0.2) is 24.7 Å². The van der Waals surface area contributed by atoms with E-state index in [-0.39, 0.29) is 12.2 Å². The molecule has 5 heteroatoms. The highest BCUT2D eigenvalue weighted by Gasteiger charge is 2.13. The maximum Gasteiger partial charge on any atom is 0.259 e. The van der Waals surface area contributed by atoms with Gasteiger partial charge in [-0.25, -0.2) is 4.39 Å². The fraction of sp³-hybridized carbons (Fsp3) is 0.188. The first kappa shape index (κ1) is 15.0. The van der Waals surface area contributed by atoms with Crippen LogP contribution in [-0.2, 0) is 6.42 Å². The van der Waals surface area contributed by atoms with Crippen molar-refractivity contribution in [3.05, 3.63) is 59.4 Å². The summed E-state index contributed by atoms with van der Waals surface area (Å²) < 4.78 is 18.3. The molecule has 0 atom stereocenters. The Bertz CT molecular complexity index is 626. The number of carbonyl (C=O) groups is 1. The number of nitrogens with one attached hydrogen (secondary N) is 1. The SMILES string of the molecule is COc1ccc(F)cc1C(=O)Nc1ccc(CCO)cc1. The number of halogens is 1. The molecule has 2 N–H and O–H groups in total. The topological polar surface area (TPSA) is 58.6 Å². The second kappa shape index (κ2) is 6.85. The van der Waals surface area contributed by atoms with Gasteiger partial charge in [0.1, 0.15) is 11.6 Å². The van der Waals surface area contributed by atoms with Gasteiger partial charge in [-0.3, -0.25) is 4.79 Å². The van der Waals surface area contributed by atoms with Crippen molar-refractivity contribution < 1.29 is 19.0 Å². The monoisotopic (exact) mass is 289 g/mol. The maximum atomic E-state index is 13.3. The molecule has 0 radical (unpaired) electrons. The Morgan fingerprint density at radius 2 is 1.95 bits per heavy atom. The van der Waals surface area contributed by atoms with Crippen molar-refractivity contribution in [3.63, 3.8) is 0 Å². The minimum Gasteiger partial charge on any atom is -0.496 e. The number of methoxy groups -OCH3 is 1. The van der Waals surface area contributed by atoms with Crippen LogP contribution in [0.1, 0.15) is 15.9 Å². The van der Waals surface area contributed by atoms with Crippen LogP contribution in [0.3, 0.4) is 0 Å². The van der Waals surface area contributed by atoms with Crippen LogP contribution in [0.25, 0.3) is 0 Å². The predicted octanol–water partition coefficient (Wildman–Crippen LogP) is 2.62. The Labute approximate surface area is 122 Å². The van der Waals surface area contributed by atoms with Gasteiger partial charge < -0.3 is 15.2 Å². The lowest BCUT2D eigenvalue weighted by atomic mass is 10.1. The molecule has 0 saturated carbocycles. The van der Waals surface area contributed by atoms with Crippen LogP contribution in [0.2, 0.25) is 0 Å². The average molecular weight is 289 g/mol. The van der Waals surface area contributed by atoms with Crippen molar-refractivity contribution in [1.82, 2.24) is 0 Å². The van der Waals surface area contributed by atoms with Crippen LogP contribution in [0, 0.1) is 5.82 Å². The third-order valence-corrected chi connectivity index (χ3v) is 3.02. The largest absolute Gasteiger partial charge is 0.496 e. The van der Waals surface area contributed by atoms with E-state index < -0.39 is 11.7 Å². The molecule has 1 amide bonds. The predicted molar refractivity (Wildman–Crippen MR) is 78.1 cm³/mol.